The Balaban J connectivity index is 2.88. The van der Waals surface area contributed by atoms with Crippen molar-refractivity contribution in [3.63, 3.8) is 0 Å². The molecule has 7 heteroatoms. The Labute approximate surface area is 117 Å². The molecule has 1 aromatic heterocycles. The monoisotopic (exact) mass is 279 g/mol. The maximum absolute atomic E-state index is 10.1. The molecule has 20 heavy (non-hydrogen) atoms. The molecule has 0 amide bonds. The summed E-state index contributed by atoms with van der Waals surface area (Å²) in [6, 6.07) is 3.78. The minimum absolute atomic E-state index is 0.334. The van der Waals surface area contributed by atoms with Crippen molar-refractivity contribution in [2.75, 3.05) is 30.3 Å². The smallest absolute Gasteiger partial charge is 0.198 e. The Morgan fingerprint density at radius 1 is 1.00 bits per heavy atom. The maximum atomic E-state index is 10.1. The second-order valence-electron chi connectivity index (χ2n) is 4.32. The minimum Gasteiger partial charge on any atom is -0.410 e. The fraction of sp³-hybridized carbons (Fsp3) is 0.462. The average Bonchev–Trinajstić information content (AvgIpc) is 2.68. The van der Waals surface area contributed by atoms with E-state index in [9.17, 15) is 10.4 Å². The van der Waals surface area contributed by atoms with Crippen molar-refractivity contribution < 1.29 is 10.4 Å². The molecule has 7 nitrogen and oxygen atoms in total. The summed E-state index contributed by atoms with van der Waals surface area (Å²) >= 11 is 0. The number of hydrogen-bond acceptors (Lipinski definition) is 5. The van der Waals surface area contributed by atoms with Crippen molar-refractivity contribution in [2.45, 2.75) is 20.8 Å². The maximum Gasteiger partial charge on any atom is 0.198 e. The molecule has 0 aliphatic rings. The molecule has 2 rings (SSSR count). The van der Waals surface area contributed by atoms with Gasteiger partial charge in [-0.2, -0.15) is 0 Å². The molecule has 0 radical (unpaired) electrons. The van der Waals surface area contributed by atoms with Crippen LogP contribution in [-0.2, 0) is 0 Å². The second kappa shape index (κ2) is 5.77. The van der Waals surface area contributed by atoms with Crippen LogP contribution in [-0.4, -0.2) is 39.7 Å². The Kier molecular flexibility index (Phi) is 4.07. The minimum atomic E-state index is 0.334. The van der Waals surface area contributed by atoms with Crippen LogP contribution in [0.25, 0.3) is 10.9 Å². The zero-order valence-electron chi connectivity index (χ0n) is 12.0. The van der Waals surface area contributed by atoms with E-state index in [0.717, 1.165) is 17.9 Å². The lowest BCUT2D eigenvalue weighted by Crippen LogP contribution is -2.21. The SMILES string of the molecule is CCN=c1c2c(NCC)ccc(NCC)c2n(O)n1O. The van der Waals surface area contributed by atoms with Gasteiger partial charge in [0.15, 0.2) is 5.49 Å². The van der Waals surface area contributed by atoms with Crippen molar-refractivity contribution >= 4 is 22.3 Å². The summed E-state index contributed by atoms with van der Waals surface area (Å²) in [6.45, 7) is 7.80. The van der Waals surface area contributed by atoms with Gasteiger partial charge in [0.25, 0.3) is 0 Å². The number of nitrogens with zero attached hydrogens (tertiary/aromatic N) is 3. The van der Waals surface area contributed by atoms with Gasteiger partial charge in [-0.1, -0.05) is 9.69 Å². The number of hydrogen-bond donors (Lipinski definition) is 4. The van der Waals surface area contributed by atoms with Gasteiger partial charge >= 0.3 is 0 Å². The first kappa shape index (κ1) is 14.1. The first-order valence-electron chi connectivity index (χ1n) is 6.83. The van der Waals surface area contributed by atoms with Crippen molar-refractivity contribution in [3.8, 4) is 0 Å². The van der Waals surface area contributed by atoms with Gasteiger partial charge in [0.05, 0.1) is 11.1 Å². The molecule has 2 aromatic rings. The van der Waals surface area contributed by atoms with Crippen LogP contribution in [0.3, 0.4) is 0 Å². The van der Waals surface area contributed by atoms with Gasteiger partial charge in [-0.15, -0.1) is 0 Å². The van der Waals surface area contributed by atoms with Crippen molar-refractivity contribution in [1.82, 2.24) is 9.69 Å². The predicted octanol–water partition coefficient (Wildman–Crippen LogP) is 1.70. The van der Waals surface area contributed by atoms with Crippen LogP contribution in [0, 0.1) is 0 Å². The molecular weight excluding hydrogens is 258 g/mol. The molecule has 0 spiro atoms. The molecule has 0 aliphatic carbocycles. The summed E-state index contributed by atoms with van der Waals surface area (Å²) in [5.41, 5.74) is 2.40. The number of aromatic nitrogens is 2. The van der Waals surface area contributed by atoms with Crippen molar-refractivity contribution in [1.29, 1.82) is 0 Å². The molecule has 0 saturated carbocycles. The molecule has 0 fully saturated rings. The lowest BCUT2D eigenvalue weighted by molar-refractivity contribution is -0.00963. The van der Waals surface area contributed by atoms with E-state index in [2.05, 4.69) is 15.6 Å². The first-order chi connectivity index (χ1) is 9.65. The Morgan fingerprint density at radius 3 is 2.20 bits per heavy atom. The third-order valence-corrected chi connectivity index (χ3v) is 3.01. The average molecular weight is 279 g/mol. The highest BCUT2D eigenvalue weighted by Crippen LogP contribution is 2.27. The molecular formula is C13H21N5O2. The summed E-state index contributed by atoms with van der Waals surface area (Å²) in [5, 5.41) is 27.2. The lowest BCUT2D eigenvalue weighted by Gasteiger charge is -2.09. The quantitative estimate of drug-likeness (QED) is 0.627. The lowest BCUT2D eigenvalue weighted by atomic mass is 10.2. The second-order valence-corrected chi connectivity index (χ2v) is 4.32. The summed E-state index contributed by atoms with van der Waals surface area (Å²) in [5.74, 6) is 0. The Morgan fingerprint density at radius 2 is 1.60 bits per heavy atom. The van der Waals surface area contributed by atoms with Crippen LogP contribution in [0.1, 0.15) is 20.8 Å². The predicted molar refractivity (Wildman–Crippen MR) is 78.7 cm³/mol. The number of rotatable bonds is 5. The van der Waals surface area contributed by atoms with Crippen LogP contribution in [0.15, 0.2) is 17.1 Å². The van der Waals surface area contributed by atoms with Gasteiger partial charge in [0.1, 0.15) is 5.52 Å². The fourth-order valence-electron chi connectivity index (χ4n) is 2.27. The third-order valence-electron chi connectivity index (χ3n) is 3.01. The molecule has 0 aliphatic heterocycles. The molecule has 0 atom stereocenters. The van der Waals surface area contributed by atoms with Gasteiger partial charge < -0.3 is 21.0 Å². The van der Waals surface area contributed by atoms with E-state index in [-0.39, 0.29) is 0 Å². The van der Waals surface area contributed by atoms with Gasteiger partial charge in [-0.3, -0.25) is 4.99 Å². The number of nitrogens with one attached hydrogen (secondary N) is 2. The zero-order valence-corrected chi connectivity index (χ0v) is 12.0. The highest BCUT2D eigenvalue weighted by Gasteiger charge is 2.17. The molecule has 1 heterocycles. The highest BCUT2D eigenvalue weighted by molar-refractivity contribution is 5.99. The topological polar surface area (TPSA) is 86.7 Å². The van der Waals surface area contributed by atoms with Crippen LogP contribution >= 0.6 is 0 Å². The van der Waals surface area contributed by atoms with E-state index in [4.69, 9.17) is 0 Å². The highest BCUT2D eigenvalue weighted by atomic mass is 16.6. The van der Waals surface area contributed by atoms with E-state index >= 15 is 0 Å². The van der Waals surface area contributed by atoms with Gasteiger partial charge in [-0.05, 0) is 32.9 Å². The van der Waals surface area contributed by atoms with Crippen LogP contribution in [0.4, 0.5) is 11.4 Å². The van der Waals surface area contributed by atoms with Gasteiger partial charge in [-0.25, -0.2) is 0 Å². The fourth-order valence-corrected chi connectivity index (χ4v) is 2.27. The van der Waals surface area contributed by atoms with E-state index in [1.165, 1.54) is 0 Å². The van der Waals surface area contributed by atoms with Gasteiger partial charge in [0.2, 0.25) is 0 Å². The summed E-state index contributed by atoms with van der Waals surface area (Å²) in [4.78, 5) is 5.64. The standard InChI is InChI=1S/C13H21N5O2/c1-4-14-9-7-8-10(15-5-2)12-11(9)13(16-6-3)18(20)17(12)19/h7-8,14-15,19-20H,4-6H2,1-3H3. The Bertz CT molecular complexity index is 671. The zero-order chi connectivity index (χ0) is 14.7. The summed E-state index contributed by atoms with van der Waals surface area (Å²) in [6.07, 6.45) is 0. The number of benzene rings is 1. The van der Waals surface area contributed by atoms with E-state index in [0.29, 0.717) is 39.2 Å². The number of anilines is 2. The normalized spacial score (nSPS) is 12.1. The van der Waals surface area contributed by atoms with Crippen LogP contribution in [0.2, 0.25) is 0 Å². The summed E-state index contributed by atoms with van der Waals surface area (Å²) < 4.78 is 0. The van der Waals surface area contributed by atoms with Crippen molar-refractivity contribution in [3.05, 3.63) is 17.6 Å². The Hall–Kier alpha value is -2.31. The molecule has 0 unspecified atom stereocenters. The first-order valence-corrected chi connectivity index (χ1v) is 6.83. The van der Waals surface area contributed by atoms with Crippen LogP contribution in [0.5, 0.6) is 0 Å². The van der Waals surface area contributed by atoms with Crippen LogP contribution < -0.4 is 16.1 Å². The van der Waals surface area contributed by atoms with Gasteiger partial charge in [0, 0.05) is 25.3 Å². The van der Waals surface area contributed by atoms with E-state index < -0.39 is 0 Å². The van der Waals surface area contributed by atoms with Crippen molar-refractivity contribution in [2.24, 2.45) is 4.99 Å². The molecule has 110 valence electrons. The largest absolute Gasteiger partial charge is 0.410 e. The van der Waals surface area contributed by atoms with E-state index in [1.54, 1.807) is 0 Å². The number of fused-ring (bicyclic) bond motifs is 1. The van der Waals surface area contributed by atoms with E-state index in [1.807, 2.05) is 32.9 Å². The molecule has 0 saturated heterocycles. The molecule has 4 N–H and O–H groups in total. The third kappa shape index (κ3) is 2.15. The molecule has 1 aromatic carbocycles. The molecule has 0 bridgehead atoms. The summed E-state index contributed by atoms with van der Waals surface area (Å²) in [7, 11) is 0.